The van der Waals surface area contributed by atoms with Gasteiger partial charge in [0.1, 0.15) is 0 Å². The van der Waals surface area contributed by atoms with E-state index in [9.17, 15) is 0 Å². The zero-order chi connectivity index (χ0) is 30.1. The molecular formula is C43H43N. The van der Waals surface area contributed by atoms with Crippen LogP contribution in [0.5, 0.6) is 0 Å². The van der Waals surface area contributed by atoms with Gasteiger partial charge in [-0.25, -0.2) is 0 Å². The van der Waals surface area contributed by atoms with E-state index in [-0.39, 0.29) is 0 Å². The van der Waals surface area contributed by atoms with Crippen LogP contribution in [-0.4, -0.2) is 0 Å². The van der Waals surface area contributed by atoms with Crippen LogP contribution in [0.1, 0.15) is 63.9 Å². The van der Waals surface area contributed by atoms with Crippen LogP contribution >= 0.6 is 0 Å². The van der Waals surface area contributed by atoms with E-state index in [2.05, 4.69) is 164 Å². The average Bonchev–Trinajstić information content (AvgIpc) is 3.10. The molecule has 1 fully saturated rings. The van der Waals surface area contributed by atoms with Crippen molar-refractivity contribution in [2.45, 2.75) is 58.3 Å². The molecule has 0 amide bonds. The number of fused-ring (bicyclic) bond motifs is 1. The molecule has 0 bridgehead atoms. The molecule has 1 aliphatic rings. The summed E-state index contributed by atoms with van der Waals surface area (Å²) in [6.45, 7) is 4.25. The quantitative estimate of drug-likeness (QED) is 0.191. The summed E-state index contributed by atoms with van der Waals surface area (Å²) in [6, 6.07) is 53.1. The number of anilines is 3. The van der Waals surface area contributed by atoms with E-state index in [0.29, 0.717) is 5.92 Å². The molecule has 1 nitrogen and oxygen atoms in total. The lowest BCUT2D eigenvalue weighted by Crippen LogP contribution is -2.09. The van der Waals surface area contributed by atoms with Crippen molar-refractivity contribution < 1.29 is 0 Å². The Hall–Kier alpha value is -4.62. The SMILES string of the molecule is CCC.c1ccc(N(c2ccc(-c3cccc(C4CCCCC4)c3)cc2)c2ccc(-c3cccc4ccccc34)cc2)cc1. The van der Waals surface area contributed by atoms with Crippen molar-refractivity contribution in [1.29, 1.82) is 0 Å². The first-order valence-electron chi connectivity index (χ1n) is 16.4. The summed E-state index contributed by atoms with van der Waals surface area (Å²) in [4.78, 5) is 2.34. The third kappa shape index (κ3) is 6.63. The van der Waals surface area contributed by atoms with E-state index >= 15 is 0 Å². The van der Waals surface area contributed by atoms with Crippen LogP contribution in [0.4, 0.5) is 17.1 Å². The van der Waals surface area contributed by atoms with E-state index in [1.54, 1.807) is 0 Å². The van der Waals surface area contributed by atoms with Gasteiger partial charge >= 0.3 is 0 Å². The minimum Gasteiger partial charge on any atom is -0.311 e. The number of hydrogen-bond donors (Lipinski definition) is 0. The number of para-hydroxylation sites is 1. The van der Waals surface area contributed by atoms with Crippen molar-refractivity contribution in [2.24, 2.45) is 0 Å². The van der Waals surface area contributed by atoms with Gasteiger partial charge in [0.25, 0.3) is 0 Å². The fraction of sp³-hybridized carbons (Fsp3) is 0.209. The highest BCUT2D eigenvalue weighted by Gasteiger charge is 2.17. The van der Waals surface area contributed by atoms with Gasteiger partial charge in [0.05, 0.1) is 0 Å². The Kier molecular flexibility index (Phi) is 9.53. The molecule has 0 unspecified atom stereocenters. The number of nitrogens with zero attached hydrogens (tertiary/aromatic N) is 1. The van der Waals surface area contributed by atoms with Gasteiger partial charge in [0.15, 0.2) is 0 Å². The van der Waals surface area contributed by atoms with Crippen LogP contribution in [0.2, 0.25) is 0 Å². The van der Waals surface area contributed by atoms with E-state index in [0.717, 1.165) is 17.1 Å². The van der Waals surface area contributed by atoms with Crippen molar-refractivity contribution in [2.75, 3.05) is 4.90 Å². The minimum atomic E-state index is 0.716. The van der Waals surface area contributed by atoms with Crippen LogP contribution < -0.4 is 4.90 Å². The second-order valence-corrected chi connectivity index (χ2v) is 12.0. The Morgan fingerprint density at radius 1 is 0.500 bits per heavy atom. The van der Waals surface area contributed by atoms with E-state index < -0.39 is 0 Å². The Balaban J connectivity index is 0.00000110. The van der Waals surface area contributed by atoms with Crippen molar-refractivity contribution >= 4 is 27.8 Å². The second kappa shape index (κ2) is 14.2. The number of benzene rings is 6. The summed E-state index contributed by atoms with van der Waals surface area (Å²) in [5, 5.41) is 2.55. The topological polar surface area (TPSA) is 3.24 Å². The van der Waals surface area contributed by atoms with Crippen LogP contribution in [0.3, 0.4) is 0 Å². The van der Waals surface area contributed by atoms with Crippen molar-refractivity contribution in [3.63, 3.8) is 0 Å². The Morgan fingerprint density at radius 3 is 1.77 bits per heavy atom. The highest BCUT2D eigenvalue weighted by molar-refractivity contribution is 5.97. The van der Waals surface area contributed by atoms with Gasteiger partial charge in [-0.1, -0.05) is 149 Å². The van der Waals surface area contributed by atoms with E-state index in [1.165, 1.54) is 77.1 Å². The first kappa shape index (κ1) is 29.5. The maximum Gasteiger partial charge on any atom is 0.0462 e. The zero-order valence-electron chi connectivity index (χ0n) is 26.1. The maximum atomic E-state index is 2.42. The summed E-state index contributed by atoms with van der Waals surface area (Å²) in [5.74, 6) is 0.716. The molecule has 1 aliphatic carbocycles. The summed E-state index contributed by atoms with van der Waals surface area (Å²) < 4.78 is 0. The molecule has 1 saturated carbocycles. The molecule has 0 aromatic heterocycles. The summed E-state index contributed by atoms with van der Waals surface area (Å²) in [5.41, 5.74) is 10.0. The van der Waals surface area contributed by atoms with Crippen LogP contribution in [-0.2, 0) is 0 Å². The Bertz CT molecular complexity index is 1760. The lowest BCUT2D eigenvalue weighted by atomic mass is 9.83. The van der Waals surface area contributed by atoms with Gasteiger partial charge < -0.3 is 4.90 Å². The monoisotopic (exact) mass is 573 g/mol. The fourth-order valence-corrected chi connectivity index (χ4v) is 6.50. The molecule has 6 aromatic carbocycles. The predicted octanol–water partition coefficient (Wildman–Crippen LogP) is 13.1. The van der Waals surface area contributed by atoms with E-state index in [4.69, 9.17) is 0 Å². The third-order valence-corrected chi connectivity index (χ3v) is 8.66. The molecule has 44 heavy (non-hydrogen) atoms. The highest BCUT2D eigenvalue weighted by atomic mass is 15.1. The smallest absolute Gasteiger partial charge is 0.0462 e. The van der Waals surface area contributed by atoms with E-state index in [1.807, 2.05) is 0 Å². The molecule has 7 rings (SSSR count). The minimum absolute atomic E-state index is 0.716. The standard InChI is InChI=1S/C40H35N.C3H8/c1-3-11-30(12-4-1)34-15-9-16-35(29-34)31-21-25-37(26-22-31)41(36-17-5-2-6-18-36)38-27-23-33(24-28-38)40-20-10-14-32-13-7-8-19-39(32)40;1-3-2/h2,5-10,13-30H,1,3-4,11-12H2;3H2,1-2H3. The molecule has 6 aromatic rings. The third-order valence-electron chi connectivity index (χ3n) is 8.66. The predicted molar refractivity (Wildman–Crippen MR) is 191 cm³/mol. The zero-order valence-corrected chi connectivity index (χ0v) is 26.1. The number of hydrogen-bond acceptors (Lipinski definition) is 1. The fourth-order valence-electron chi connectivity index (χ4n) is 6.50. The van der Waals surface area contributed by atoms with Gasteiger partial charge in [-0.2, -0.15) is 0 Å². The molecule has 1 heteroatoms. The maximum absolute atomic E-state index is 2.42. The molecular weight excluding hydrogens is 530 g/mol. The molecule has 0 atom stereocenters. The van der Waals surface area contributed by atoms with Gasteiger partial charge in [0.2, 0.25) is 0 Å². The van der Waals surface area contributed by atoms with Crippen molar-refractivity contribution in [3.8, 4) is 22.3 Å². The van der Waals surface area contributed by atoms with Gasteiger partial charge in [-0.15, -0.1) is 0 Å². The number of rotatable bonds is 6. The molecule has 0 aliphatic heterocycles. The first-order valence-corrected chi connectivity index (χ1v) is 16.4. The average molecular weight is 574 g/mol. The lowest BCUT2D eigenvalue weighted by molar-refractivity contribution is 0.444. The first-order chi connectivity index (χ1) is 21.7. The molecule has 0 spiro atoms. The highest BCUT2D eigenvalue weighted by Crippen LogP contribution is 2.38. The van der Waals surface area contributed by atoms with Crippen molar-refractivity contribution in [3.05, 3.63) is 151 Å². The molecule has 0 N–H and O–H groups in total. The van der Waals surface area contributed by atoms with Gasteiger partial charge in [-0.3, -0.25) is 0 Å². The summed E-state index contributed by atoms with van der Waals surface area (Å²) in [7, 11) is 0. The second-order valence-electron chi connectivity index (χ2n) is 12.0. The van der Waals surface area contributed by atoms with Crippen LogP contribution in [0, 0.1) is 0 Å². The Labute approximate surface area is 263 Å². The molecule has 0 heterocycles. The molecule has 0 saturated heterocycles. The molecule has 0 radical (unpaired) electrons. The van der Waals surface area contributed by atoms with Crippen molar-refractivity contribution in [1.82, 2.24) is 0 Å². The largest absolute Gasteiger partial charge is 0.311 e. The summed E-state index contributed by atoms with van der Waals surface area (Å²) >= 11 is 0. The van der Waals surface area contributed by atoms with Crippen LogP contribution in [0.25, 0.3) is 33.0 Å². The van der Waals surface area contributed by atoms with Gasteiger partial charge in [0, 0.05) is 17.1 Å². The van der Waals surface area contributed by atoms with Gasteiger partial charge in [-0.05, 0) is 93.7 Å². The van der Waals surface area contributed by atoms with Crippen LogP contribution in [0.15, 0.2) is 146 Å². The normalized spacial score (nSPS) is 13.2. The summed E-state index contributed by atoms with van der Waals surface area (Å²) in [6.07, 6.45) is 8.02. The Morgan fingerprint density at radius 2 is 1.07 bits per heavy atom. The molecule has 220 valence electrons. The lowest BCUT2D eigenvalue weighted by Gasteiger charge is -2.26.